The Morgan fingerprint density at radius 1 is 1.08 bits per heavy atom. The summed E-state index contributed by atoms with van der Waals surface area (Å²) in [5.74, 6) is 0.465. The van der Waals surface area contributed by atoms with Gasteiger partial charge in [0, 0.05) is 30.3 Å². The van der Waals surface area contributed by atoms with Crippen molar-refractivity contribution in [2.24, 2.45) is 0 Å². The highest BCUT2D eigenvalue weighted by atomic mass is 35.5. The van der Waals surface area contributed by atoms with Crippen LogP contribution in [0.2, 0.25) is 0 Å². The van der Waals surface area contributed by atoms with Gasteiger partial charge in [-0.25, -0.2) is 0 Å². The van der Waals surface area contributed by atoms with Crippen LogP contribution in [0.25, 0.3) is 11.4 Å². The fraction of sp³-hybridized carbons (Fsp3) is 0.500. The highest BCUT2D eigenvalue weighted by Gasteiger charge is 2.11. The minimum Gasteiger partial charge on any atom is -0.351 e. The standard InChI is InChI=1S/C18H24N4O2.ClH/c23-18(20-12-11-19-16-5-3-1-2-4-6-16)15-9-7-14(8-10-15)17-21-13-24-22-17;/h7-10,13,16,19H,1-6,11-12H2,(H,20,23);1H. The summed E-state index contributed by atoms with van der Waals surface area (Å²) in [6.07, 6.45) is 9.14. The minimum absolute atomic E-state index is 0. The Morgan fingerprint density at radius 2 is 1.80 bits per heavy atom. The van der Waals surface area contributed by atoms with Crippen LogP contribution in [0.1, 0.15) is 48.9 Å². The Hall–Kier alpha value is -1.92. The summed E-state index contributed by atoms with van der Waals surface area (Å²) in [4.78, 5) is 16.1. The van der Waals surface area contributed by atoms with E-state index >= 15 is 0 Å². The molecule has 1 aliphatic rings. The van der Waals surface area contributed by atoms with Crippen LogP contribution in [0, 0.1) is 0 Å². The van der Waals surface area contributed by atoms with Gasteiger partial charge in [-0.1, -0.05) is 43.0 Å². The molecule has 0 radical (unpaired) electrons. The van der Waals surface area contributed by atoms with Crippen LogP contribution in [0.15, 0.2) is 35.2 Å². The maximum absolute atomic E-state index is 12.2. The molecule has 0 bridgehead atoms. The van der Waals surface area contributed by atoms with Crippen molar-refractivity contribution in [3.8, 4) is 11.4 Å². The van der Waals surface area contributed by atoms with Gasteiger partial charge in [-0.05, 0) is 25.0 Å². The normalized spacial score (nSPS) is 15.2. The van der Waals surface area contributed by atoms with Gasteiger partial charge in [-0.2, -0.15) is 4.98 Å². The zero-order valence-electron chi connectivity index (χ0n) is 14.2. The highest BCUT2D eigenvalue weighted by molar-refractivity contribution is 5.94. The molecule has 0 saturated heterocycles. The molecule has 2 aromatic rings. The summed E-state index contributed by atoms with van der Waals surface area (Å²) < 4.78 is 4.72. The van der Waals surface area contributed by atoms with Crippen molar-refractivity contribution in [1.82, 2.24) is 20.8 Å². The third kappa shape index (κ3) is 5.83. The van der Waals surface area contributed by atoms with Crippen LogP contribution in [-0.4, -0.2) is 35.2 Å². The van der Waals surface area contributed by atoms with Crippen molar-refractivity contribution < 1.29 is 9.32 Å². The quantitative estimate of drug-likeness (QED) is 0.607. The SMILES string of the molecule is Cl.O=C(NCCNC1CCCCCC1)c1ccc(-c2ncon2)cc1. The molecule has 0 aliphatic heterocycles. The number of halogens is 1. The van der Waals surface area contributed by atoms with Crippen LogP contribution < -0.4 is 10.6 Å². The third-order valence-corrected chi connectivity index (χ3v) is 4.47. The topological polar surface area (TPSA) is 80.0 Å². The van der Waals surface area contributed by atoms with Crippen molar-refractivity contribution in [3.05, 3.63) is 36.2 Å². The number of carbonyl (C=O) groups is 1. The smallest absolute Gasteiger partial charge is 0.251 e. The van der Waals surface area contributed by atoms with Gasteiger partial charge in [-0.15, -0.1) is 12.4 Å². The first kappa shape index (κ1) is 19.4. The van der Waals surface area contributed by atoms with Gasteiger partial charge in [0.25, 0.3) is 5.91 Å². The number of rotatable bonds is 6. The van der Waals surface area contributed by atoms with Gasteiger partial charge in [0.2, 0.25) is 12.2 Å². The van der Waals surface area contributed by atoms with Crippen LogP contribution in [0.3, 0.4) is 0 Å². The molecular weight excluding hydrogens is 340 g/mol. The van der Waals surface area contributed by atoms with E-state index in [1.54, 1.807) is 12.1 Å². The van der Waals surface area contributed by atoms with Crippen molar-refractivity contribution >= 4 is 18.3 Å². The molecule has 1 amide bonds. The lowest BCUT2D eigenvalue weighted by atomic mass is 10.1. The number of nitrogens with zero attached hydrogens (tertiary/aromatic N) is 2. The molecule has 6 nitrogen and oxygen atoms in total. The van der Waals surface area contributed by atoms with Crippen molar-refractivity contribution in [1.29, 1.82) is 0 Å². The number of hydrogen-bond acceptors (Lipinski definition) is 5. The molecule has 1 heterocycles. The van der Waals surface area contributed by atoms with Crippen molar-refractivity contribution in [2.75, 3.05) is 13.1 Å². The second-order valence-corrected chi connectivity index (χ2v) is 6.23. The summed E-state index contributed by atoms with van der Waals surface area (Å²) in [6, 6.07) is 7.81. The van der Waals surface area contributed by atoms with E-state index in [4.69, 9.17) is 4.52 Å². The van der Waals surface area contributed by atoms with Crippen LogP contribution in [0.4, 0.5) is 0 Å². The minimum atomic E-state index is -0.0580. The van der Waals surface area contributed by atoms with Crippen molar-refractivity contribution in [3.63, 3.8) is 0 Å². The van der Waals surface area contributed by atoms with Gasteiger partial charge in [-0.3, -0.25) is 4.79 Å². The molecule has 25 heavy (non-hydrogen) atoms. The summed E-state index contributed by atoms with van der Waals surface area (Å²) >= 11 is 0. The van der Waals surface area contributed by atoms with E-state index in [1.165, 1.54) is 44.9 Å². The number of hydrogen-bond donors (Lipinski definition) is 2. The van der Waals surface area contributed by atoms with Gasteiger partial charge in [0.05, 0.1) is 0 Å². The molecule has 136 valence electrons. The van der Waals surface area contributed by atoms with E-state index in [-0.39, 0.29) is 18.3 Å². The van der Waals surface area contributed by atoms with E-state index in [0.717, 1.165) is 12.1 Å². The van der Waals surface area contributed by atoms with E-state index in [9.17, 15) is 4.79 Å². The molecule has 1 aromatic heterocycles. The summed E-state index contributed by atoms with van der Waals surface area (Å²) in [6.45, 7) is 1.46. The van der Waals surface area contributed by atoms with Crippen LogP contribution in [0.5, 0.6) is 0 Å². The van der Waals surface area contributed by atoms with Gasteiger partial charge < -0.3 is 15.2 Å². The zero-order valence-corrected chi connectivity index (χ0v) is 15.1. The maximum atomic E-state index is 12.2. The molecule has 3 rings (SSSR count). The first-order chi connectivity index (χ1) is 11.8. The van der Waals surface area contributed by atoms with E-state index < -0.39 is 0 Å². The fourth-order valence-corrected chi connectivity index (χ4v) is 3.11. The summed E-state index contributed by atoms with van der Waals surface area (Å²) in [5, 5.41) is 10.3. The van der Waals surface area contributed by atoms with Gasteiger partial charge in [0.15, 0.2) is 0 Å². The molecular formula is C18H25ClN4O2. The van der Waals surface area contributed by atoms with Gasteiger partial charge >= 0.3 is 0 Å². The molecule has 2 N–H and O–H groups in total. The summed E-state index contributed by atoms with van der Waals surface area (Å²) in [5.41, 5.74) is 1.46. The lowest BCUT2D eigenvalue weighted by molar-refractivity contribution is 0.0953. The zero-order chi connectivity index (χ0) is 16.6. The first-order valence-electron chi connectivity index (χ1n) is 8.71. The van der Waals surface area contributed by atoms with Crippen LogP contribution in [-0.2, 0) is 0 Å². The number of amides is 1. The predicted molar refractivity (Wildman–Crippen MR) is 98.8 cm³/mol. The van der Waals surface area contributed by atoms with Crippen molar-refractivity contribution in [2.45, 2.75) is 44.6 Å². The molecule has 7 heteroatoms. The number of benzene rings is 1. The Balaban J connectivity index is 0.00000225. The van der Waals surface area contributed by atoms with Crippen LogP contribution >= 0.6 is 12.4 Å². The molecule has 0 spiro atoms. The first-order valence-corrected chi connectivity index (χ1v) is 8.71. The second-order valence-electron chi connectivity index (χ2n) is 6.23. The summed E-state index contributed by atoms with van der Waals surface area (Å²) in [7, 11) is 0. The Kier molecular flexibility index (Phi) is 7.88. The second kappa shape index (κ2) is 10.2. The maximum Gasteiger partial charge on any atom is 0.251 e. The average Bonchev–Trinajstić information content (AvgIpc) is 3.03. The number of carbonyl (C=O) groups excluding carboxylic acids is 1. The molecule has 1 aliphatic carbocycles. The Bertz CT molecular complexity index is 623. The lowest BCUT2D eigenvalue weighted by Gasteiger charge is -2.16. The lowest BCUT2D eigenvalue weighted by Crippen LogP contribution is -2.36. The van der Waals surface area contributed by atoms with Gasteiger partial charge in [0.1, 0.15) is 0 Å². The molecule has 1 fully saturated rings. The fourth-order valence-electron chi connectivity index (χ4n) is 3.11. The highest BCUT2D eigenvalue weighted by Crippen LogP contribution is 2.17. The van der Waals surface area contributed by atoms with E-state index in [2.05, 4.69) is 20.8 Å². The predicted octanol–water partition coefficient (Wildman–Crippen LogP) is 3.20. The Morgan fingerprint density at radius 3 is 2.44 bits per heavy atom. The molecule has 1 saturated carbocycles. The number of nitrogens with one attached hydrogen (secondary N) is 2. The molecule has 1 aromatic carbocycles. The average molecular weight is 365 g/mol. The monoisotopic (exact) mass is 364 g/mol. The van der Waals surface area contributed by atoms with E-state index in [0.29, 0.717) is 24.0 Å². The largest absolute Gasteiger partial charge is 0.351 e. The molecule has 0 unspecified atom stereocenters. The number of aromatic nitrogens is 2. The Labute approximate surface area is 154 Å². The third-order valence-electron chi connectivity index (χ3n) is 4.47. The van der Waals surface area contributed by atoms with E-state index in [1.807, 2.05) is 12.1 Å². The molecule has 0 atom stereocenters.